The third-order valence-electron chi connectivity index (χ3n) is 4.03. The second-order valence-electron chi connectivity index (χ2n) is 5.70. The van der Waals surface area contributed by atoms with Crippen molar-refractivity contribution in [3.8, 4) is 0 Å². The highest BCUT2D eigenvalue weighted by Gasteiger charge is 2.24. The van der Waals surface area contributed by atoms with Gasteiger partial charge in [0.15, 0.2) is 0 Å². The van der Waals surface area contributed by atoms with E-state index in [2.05, 4.69) is 29.7 Å². The number of ether oxygens (including phenoxy) is 1. The van der Waals surface area contributed by atoms with E-state index >= 15 is 0 Å². The Labute approximate surface area is 139 Å². The minimum atomic E-state index is 0. The van der Waals surface area contributed by atoms with Gasteiger partial charge in [-0.1, -0.05) is 24.3 Å². The van der Waals surface area contributed by atoms with Gasteiger partial charge in [-0.25, -0.2) is 0 Å². The fourth-order valence-electron chi connectivity index (χ4n) is 2.78. The molecule has 1 aromatic carbocycles. The van der Waals surface area contributed by atoms with Crippen LogP contribution in [0, 0.1) is 5.92 Å². The van der Waals surface area contributed by atoms with Gasteiger partial charge in [-0.3, -0.25) is 4.79 Å². The van der Waals surface area contributed by atoms with Gasteiger partial charge in [-0.15, -0.1) is 12.4 Å². The molecule has 0 radical (unpaired) electrons. The zero-order valence-corrected chi connectivity index (χ0v) is 14.2. The number of hydrogen-bond donors (Lipinski definition) is 2. The molecular weight excluding hydrogens is 300 g/mol. The Bertz CT molecular complexity index is 468. The lowest BCUT2D eigenvalue weighted by Gasteiger charge is -2.27. The summed E-state index contributed by atoms with van der Waals surface area (Å²) in [5.74, 6) is 0.315. The number of rotatable bonds is 6. The zero-order valence-electron chi connectivity index (χ0n) is 13.4. The molecule has 1 aliphatic heterocycles. The van der Waals surface area contributed by atoms with Gasteiger partial charge in [0.05, 0.1) is 6.61 Å². The summed E-state index contributed by atoms with van der Waals surface area (Å²) >= 11 is 0. The van der Waals surface area contributed by atoms with E-state index in [1.54, 1.807) is 0 Å². The van der Waals surface area contributed by atoms with Crippen LogP contribution in [-0.2, 0) is 22.7 Å². The molecule has 5 heteroatoms. The van der Waals surface area contributed by atoms with Crippen LogP contribution in [0.2, 0.25) is 0 Å². The van der Waals surface area contributed by atoms with Crippen LogP contribution in [0.5, 0.6) is 0 Å². The first-order chi connectivity index (χ1) is 10.2. The molecule has 1 amide bonds. The number of benzene rings is 1. The molecule has 4 nitrogen and oxygen atoms in total. The quantitative estimate of drug-likeness (QED) is 0.845. The van der Waals surface area contributed by atoms with Gasteiger partial charge in [0.1, 0.15) is 0 Å². The molecule has 1 saturated heterocycles. The first-order valence-corrected chi connectivity index (χ1v) is 7.86. The van der Waals surface area contributed by atoms with Crippen LogP contribution in [0.25, 0.3) is 0 Å². The van der Waals surface area contributed by atoms with Crippen LogP contribution in [0.3, 0.4) is 0 Å². The summed E-state index contributed by atoms with van der Waals surface area (Å²) in [5, 5.41) is 6.46. The third kappa shape index (κ3) is 5.59. The van der Waals surface area contributed by atoms with Gasteiger partial charge < -0.3 is 15.4 Å². The molecule has 124 valence electrons. The van der Waals surface area contributed by atoms with Crippen LogP contribution >= 0.6 is 12.4 Å². The lowest BCUT2D eigenvalue weighted by atomic mass is 9.92. The molecule has 22 heavy (non-hydrogen) atoms. The number of amides is 1. The minimum Gasteiger partial charge on any atom is -0.377 e. The molecule has 1 aliphatic rings. The Morgan fingerprint density at radius 1 is 1.36 bits per heavy atom. The highest BCUT2D eigenvalue weighted by atomic mass is 35.5. The average molecular weight is 327 g/mol. The molecule has 2 N–H and O–H groups in total. The van der Waals surface area contributed by atoms with E-state index in [0.29, 0.717) is 25.8 Å². The lowest BCUT2D eigenvalue weighted by Crippen LogP contribution is -2.42. The highest BCUT2D eigenvalue weighted by Crippen LogP contribution is 2.17. The first kappa shape index (κ1) is 18.9. The van der Waals surface area contributed by atoms with E-state index in [0.717, 1.165) is 30.5 Å². The second-order valence-corrected chi connectivity index (χ2v) is 5.70. The van der Waals surface area contributed by atoms with Gasteiger partial charge >= 0.3 is 0 Å². The largest absolute Gasteiger partial charge is 0.377 e. The van der Waals surface area contributed by atoms with Gasteiger partial charge in [0, 0.05) is 25.1 Å². The Balaban J connectivity index is 0.00000242. The van der Waals surface area contributed by atoms with Gasteiger partial charge in [-0.2, -0.15) is 0 Å². The predicted molar refractivity (Wildman–Crippen MR) is 91.1 cm³/mol. The molecule has 2 rings (SSSR count). The fourth-order valence-corrected chi connectivity index (χ4v) is 2.78. The smallest absolute Gasteiger partial charge is 0.223 e. The Kier molecular flexibility index (Phi) is 8.46. The summed E-state index contributed by atoms with van der Waals surface area (Å²) in [6.07, 6.45) is 1.85. The summed E-state index contributed by atoms with van der Waals surface area (Å²) < 4.78 is 5.48. The second kappa shape index (κ2) is 9.82. The van der Waals surface area contributed by atoms with Crippen molar-refractivity contribution in [2.45, 2.75) is 45.9 Å². The van der Waals surface area contributed by atoms with E-state index in [4.69, 9.17) is 4.74 Å². The van der Waals surface area contributed by atoms with Crippen molar-refractivity contribution >= 4 is 18.3 Å². The van der Waals surface area contributed by atoms with Crippen molar-refractivity contribution < 1.29 is 9.53 Å². The molecule has 0 saturated carbocycles. The van der Waals surface area contributed by atoms with Crippen LogP contribution in [0.4, 0.5) is 0 Å². The number of piperidine rings is 1. The molecule has 1 aromatic rings. The topological polar surface area (TPSA) is 50.4 Å². The predicted octanol–water partition coefficient (Wildman–Crippen LogP) is 2.65. The van der Waals surface area contributed by atoms with Crippen molar-refractivity contribution in [3.05, 3.63) is 35.4 Å². The molecule has 0 aliphatic carbocycles. The Morgan fingerprint density at radius 2 is 2.09 bits per heavy atom. The lowest BCUT2D eigenvalue weighted by molar-refractivity contribution is -0.126. The maximum Gasteiger partial charge on any atom is 0.223 e. The van der Waals surface area contributed by atoms with E-state index < -0.39 is 0 Å². The molecule has 2 atom stereocenters. The summed E-state index contributed by atoms with van der Waals surface area (Å²) in [5.41, 5.74) is 2.29. The maximum absolute atomic E-state index is 12.3. The van der Waals surface area contributed by atoms with Crippen molar-refractivity contribution in [1.29, 1.82) is 0 Å². The number of carbonyl (C=O) groups is 1. The molecule has 0 aromatic heterocycles. The van der Waals surface area contributed by atoms with Crippen molar-refractivity contribution in [2.24, 2.45) is 5.92 Å². The third-order valence-corrected chi connectivity index (χ3v) is 4.03. The highest BCUT2D eigenvalue weighted by molar-refractivity contribution is 5.85. The van der Waals surface area contributed by atoms with Gasteiger partial charge in [0.25, 0.3) is 0 Å². The number of carbonyl (C=O) groups excluding carboxylic acids is 1. The number of hydrogen-bond acceptors (Lipinski definition) is 3. The summed E-state index contributed by atoms with van der Waals surface area (Å²) in [6.45, 7) is 6.95. The number of halogens is 1. The SMILES string of the molecule is CCOCc1ccccc1CNC(=O)[C@H]1CCN[C@@H](C)C1.Cl. The molecule has 0 spiro atoms. The van der Waals surface area contributed by atoms with Crippen LogP contribution < -0.4 is 10.6 Å². The molecule has 0 unspecified atom stereocenters. The van der Waals surface area contributed by atoms with E-state index in [1.165, 1.54) is 0 Å². The Hall–Kier alpha value is -1.10. The van der Waals surface area contributed by atoms with Crippen LogP contribution in [0.15, 0.2) is 24.3 Å². The normalized spacial score (nSPS) is 21.0. The summed E-state index contributed by atoms with van der Waals surface area (Å²) in [4.78, 5) is 12.3. The minimum absolute atomic E-state index is 0. The van der Waals surface area contributed by atoms with E-state index in [1.807, 2.05) is 19.1 Å². The standard InChI is InChI=1S/C17H26N2O2.ClH/c1-3-21-12-16-7-5-4-6-15(16)11-19-17(20)14-8-9-18-13(2)10-14;/h4-7,13-14,18H,3,8-12H2,1-2H3,(H,19,20);1H/t13-,14-;/m0./s1. The monoisotopic (exact) mass is 326 g/mol. The van der Waals surface area contributed by atoms with Crippen molar-refractivity contribution in [3.63, 3.8) is 0 Å². The summed E-state index contributed by atoms with van der Waals surface area (Å²) in [6, 6.07) is 8.56. The Morgan fingerprint density at radius 3 is 2.77 bits per heavy atom. The maximum atomic E-state index is 12.3. The van der Waals surface area contributed by atoms with Crippen LogP contribution in [0.1, 0.15) is 37.8 Å². The number of nitrogens with one attached hydrogen (secondary N) is 2. The van der Waals surface area contributed by atoms with Crippen molar-refractivity contribution in [1.82, 2.24) is 10.6 Å². The van der Waals surface area contributed by atoms with Gasteiger partial charge in [-0.05, 0) is 44.4 Å². The molecule has 0 bridgehead atoms. The summed E-state index contributed by atoms with van der Waals surface area (Å²) in [7, 11) is 0. The molecular formula is C17H27ClN2O2. The van der Waals surface area contributed by atoms with E-state index in [-0.39, 0.29) is 24.2 Å². The fraction of sp³-hybridized carbons (Fsp3) is 0.588. The average Bonchev–Trinajstić information content (AvgIpc) is 2.51. The zero-order chi connectivity index (χ0) is 15.1. The molecule has 1 fully saturated rings. The van der Waals surface area contributed by atoms with Crippen molar-refractivity contribution in [2.75, 3.05) is 13.2 Å². The van der Waals surface area contributed by atoms with Crippen LogP contribution in [-0.4, -0.2) is 25.1 Å². The van der Waals surface area contributed by atoms with E-state index in [9.17, 15) is 4.79 Å². The van der Waals surface area contributed by atoms with Gasteiger partial charge in [0.2, 0.25) is 5.91 Å². The molecule has 1 heterocycles. The first-order valence-electron chi connectivity index (χ1n) is 7.86.